The van der Waals surface area contributed by atoms with Crippen molar-refractivity contribution in [3.63, 3.8) is 0 Å². The van der Waals surface area contributed by atoms with Gasteiger partial charge in [0.15, 0.2) is 0 Å². The maximum atomic E-state index is 12.7. The highest BCUT2D eigenvalue weighted by molar-refractivity contribution is 7.99. The summed E-state index contributed by atoms with van der Waals surface area (Å²) in [5, 5.41) is 2.93. The molecule has 0 radical (unpaired) electrons. The maximum absolute atomic E-state index is 12.7. The number of thioether (sulfide) groups is 1. The van der Waals surface area contributed by atoms with Crippen molar-refractivity contribution in [2.75, 3.05) is 37.2 Å². The number of amides is 3. The molecular formula is C23H26N4O3S. The van der Waals surface area contributed by atoms with Crippen molar-refractivity contribution in [2.24, 2.45) is 0 Å². The van der Waals surface area contributed by atoms with Crippen LogP contribution in [0.15, 0.2) is 48.5 Å². The van der Waals surface area contributed by atoms with Gasteiger partial charge in [-0.1, -0.05) is 24.3 Å². The van der Waals surface area contributed by atoms with Crippen LogP contribution >= 0.6 is 11.8 Å². The highest BCUT2D eigenvalue weighted by atomic mass is 32.2. The van der Waals surface area contributed by atoms with Crippen LogP contribution in [0.1, 0.15) is 21.5 Å². The zero-order chi connectivity index (χ0) is 22.0. The minimum Gasteiger partial charge on any atom is -0.378 e. The van der Waals surface area contributed by atoms with Gasteiger partial charge in [-0.2, -0.15) is 0 Å². The first-order chi connectivity index (χ1) is 14.9. The lowest BCUT2D eigenvalue weighted by Crippen LogP contribution is -2.57. The van der Waals surface area contributed by atoms with Crippen molar-refractivity contribution < 1.29 is 14.4 Å². The Morgan fingerprint density at radius 3 is 2.42 bits per heavy atom. The number of nitrogens with one attached hydrogen (secondary N) is 1. The first kappa shape index (κ1) is 21.2. The highest BCUT2D eigenvalue weighted by Crippen LogP contribution is 2.26. The van der Waals surface area contributed by atoms with E-state index in [1.807, 2.05) is 55.4 Å². The summed E-state index contributed by atoms with van der Waals surface area (Å²) in [6, 6.07) is 14.9. The molecule has 0 spiro atoms. The Labute approximate surface area is 186 Å². The summed E-state index contributed by atoms with van der Waals surface area (Å²) >= 11 is 1.62. The molecule has 162 valence electrons. The van der Waals surface area contributed by atoms with Crippen molar-refractivity contribution in [2.45, 2.75) is 19.1 Å². The summed E-state index contributed by atoms with van der Waals surface area (Å²) < 4.78 is 0. The summed E-state index contributed by atoms with van der Waals surface area (Å²) in [6.45, 7) is 0.943. The number of hydrogen-bond donors (Lipinski definition) is 1. The van der Waals surface area contributed by atoms with Gasteiger partial charge in [0.2, 0.25) is 11.8 Å². The predicted octanol–water partition coefficient (Wildman–Crippen LogP) is 1.93. The molecule has 0 saturated carbocycles. The number of carbonyl (C=O) groups excluding carboxylic acids is 3. The predicted molar refractivity (Wildman–Crippen MR) is 122 cm³/mol. The van der Waals surface area contributed by atoms with Crippen LogP contribution < -0.4 is 10.2 Å². The Kier molecular flexibility index (Phi) is 6.18. The number of hydrogen-bond acceptors (Lipinski definition) is 5. The smallest absolute Gasteiger partial charge is 0.251 e. The molecule has 31 heavy (non-hydrogen) atoms. The van der Waals surface area contributed by atoms with Gasteiger partial charge < -0.3 is 20.0 Å². The first-order valence-corrected chi connectivity index (χ1v) is 11.4. The molecular weight excluding hydrogens is 412 g/mol. The molecule has 8 heteroatoms. The van der Waals surface area contributed by atoms with Gasteiger partial charge in [-0.25, -0.2) is 0 Å². The lowest BCUT2D eigenvalue weighted by molar-refractivity contribution is -0.153. The number of nitrogens with zero attached hydrogens (tertiary/aromatic N) is 3. The third-order valence-corrected chi connectivity index (χ3v) is 6.63. The third-order valence-electron chi connectivity index (χ3n) is 5.62. The van der Waals surface area contributed by atoms with E-state index in [9.17, 15) is 14.4 Å². The van der Waals surface area contributed by atoms with E-state index in [-0.39, 0.29) is 30.3 Å². The molecule has 2 heterocycles. The number of fused-ring (bicyclic) bond motifs is 1. The first-order valence-electron chi connectivity index (χ1n) is 10.2. The average Bonchev–Trinajstić information content (AvgIpc) is 3.27. The zero-order valence-corrected chi connectivity index (χ0v) is 18.5. The monoisotopic (exact) mass is 438 g/mol. The van der Waals surface area contributed by atoms with E-state index in [0.29, 0.717) is 30.3 Å². The van der Waals surface area contributed by atoms with Gasteiger partial charge in [0.05, 0.1) is 5.88 Å². The lowest BCUT2D eigenvalue weighted by atomic mass is 10.1. The molecule has 2 aliphatic heterocycles. The van der Waals surface area contributed by atoms with Crippen LogP contribution in [0.3, 0.4) is 0 Å². The van der Waals surface area contributed by atoms with Gasteiger partial charge >= 0.3 is 0 Å². The van der Waals surface area contributed by atoms with Crippen LogP contribution in [-0.2, 0) is 22.7 Å². The number of anilines is 1. The molecule has 2 aliphatic rings. The molecule has 4 rings (SSSR count). The fourth-order valence-electron chi connectivity index (χ4n) is 3.75. The van der Waals surface area contributed by atoms with Gasteiger partial charge in [-0.05, 0) is 35.4 Å². The van der Waals surface area contributed by atoms with Crippen LogP contribution in [0.4, 0.5) is 5.69 Å². The summed E-state index contributed by atoms with van der Waals surface area (Å²) in [7, 11) is 3.98. The Hall–Kier alpha value is -3.00. The Morgan fingerprint density at radius 2 is 1.74 bits per heavy atom. The molecule has 0 aliphatic carbocycles. The highest BCUT2D eigenvalue weighted by Gasteiger charge is 2.42. The van der Waals surface area contributed by atoms with Crippen molar-refractivity contribution in [3.05, 3.63) is 65.2 Å². The fraction of sp³-hybridized carbons (Fsp3) is 0.348. The summed E-state index contributed by atoms with van der Waals surface area (Å²) in [5.74, 6) is 1.13. The molecule has 2 aromatic carbocycles. The minimum absolute atomic E-state index is 0.00390. The van der Waals surface area contributed by atoms with E-state index in [2.05, 4.69) is 5.32 Å². The van der Waals surface area contributed by atoms with Gasteiger partial charge in [0, 0.05) is 44.2 Å². The van der Waals surface area contributed by atoms with Crippen LogP contribution in [0.2, 0.25) is 0 Å². The molecule has 3 amide bonds. The van der Waals surface area contributed by atoms with Gasteiger partial charge in [0.1, 0.15) is 12.6 Å². The normalized spacial score (nSPS) is 18.2. The largest absolute Gasteiger partial charge is 0.378 e. The second kappa shape index (κ2) is 9.01. The third kappa shape index (κ3) is 4.69. The Morgan fingerprint density at radius 1 is 1.06 bits per heavy atom. The van der Waals surface area contributed by atoms with Gasteiger partial charge in [-0.3, -0.25) is 14.4 Å². The average molecular weight is 439 g/mol. The quantitative estimate of drug-likeness (QED) is 0.746. The second-order valence-corrected chi connectivity index (χ2v) is 9.01. The fourth-order valence-corrected chi connectivity index (χ4v) is 4.92. The van der Waals surface area contributed by atoms with E-state index in [1.54, 1.807) is 33.7 Å². The molecule has 1 N–H and O–H groups in total. The summed E-state index contributed by atoms with van der Waals surface area (Å²) in [5.41, 5.74) is 3.60. The van der Waals surface area contributed by atoms with Crippen molar-refractivity contribution in [3.8, 4) is 0 Å². The Balaban J connectivity index is 1.33. The van der Waals surface area contributed by atoms with Gasteiger partial charge in [0.25, 0.3) is 5.91 Å². The van der Waals surface area contributed by atoms with Crippen molar-refractivity contribution >= 4 is 35.2 Å². The molecule has 1 unspecified atom stereocenters. The Bertz CT molecular complexity index is 975. The molecule has 2 aromatic rings. The maximum Gasteiger partial charge on any atom is 0.251 e. The molecule has 0 bridgehead atoms. The number of rotatable bonds is 6. The van der Waals surface area contributed by atoms with E-state index in [4.69, 9.17) is 0 Å². The van der Waals surface area contributed by atoms with Crippen LogP contribution in [0, 0.1) is 0 Å². The molecule has 2 saturated heterocycles. The topological polar surface area (TPSA) is 73.0 Å². The number of piperazine rings is 1. The van der Waals surface area contributed by atoms with E-state index < -0.39 is 0 Å². The second-order valence-electron chi connectivity index (χ2n) is 8.01. The van der Waals surface area contributed by atoms with Crippen LogP contribution in [0.25, 0.3) is 0 Å². The van der Waals surface area contributed by atoms with E-state index in [0.717, 1.165) is 16.8 Å². The minimum atomic E-state index is -0.330. The SMILES string of the molecule is CN(C)c1ccc(CNC(=O)c2ccc(CN3CC(=O)N4CSCC4C3=O)cc2)cc1. The lowest BCUT2D eigenvalue weighted by Gasteiger charge is -2.35. The van der Waals surface area contributed by atoms with Crippen LogP contribution in [-0.4, -0.2) is 65.8 Å². The standard InChI is InChI=1S/C23H26N4O3S/c1-25(2)19-9-5-16(6-10-19)11-24-22(29)18-7-3-17(4-8-18)12-26-13-21(28)27-15-31-14-20(27)23(26)30/h3-10,20H,11-15H2,1-2H3,(H,24,29). The molecule has 2 fully saturated rings. The number of carbonyl (C=O) groups is 3. The van der Waals surface area contributed by atoms with Crippen LogP contribution in [0.5, 0.6) is 0 Å². The zero-order valence-electron chi connectivity index (χ0n) is 17.7. The van der Waals surface area contributed by atoms with E-state index >= 15 is 0 Å². The van der Waals surface area contributed by atoms with Gasteiger partial charge in [-0.15, -0.1) is 11.8 Å². The molecule has 7 nitrogen and oxygen atoms in total. The summed E-state index contributed by atoms with van der Waals surface area (Å²) in [6.07, 6.45) is 0. The van der Waals surface area contributed by atoms with Crippen molar-refractivity contribution in [1.29, 1.82) is 0 Å². The molecule has 1 atom stereocenters. The van der Waals surface area contributed by atoms with Crippen molar-refractivity contribution in [1.82, 2.24) is 15.1 Å². The summed E-state index contributed by atoms with van der Waals surface area (Å²) in [4.78, 5) is 42.7. The number of benzene rings is 2. The molecule has 0 aromatic heterocycles. The van der Waals surface area contributed by atoms with E-state index in [1.165, 1.54) is 0 Å².